The molecule has 0 unspecified atom stereocenters. The molecule has 162 valence electrons. The van der Waals surface area contributed by atoms with Crippen LogP contribution in [0.1, 0.15) is 15.9 Å². The molecule has 0 aliphatic carbocycles. The minimum Gasteiger partial charge on any atom is -0.493 e. The fourth-order valence-electron chi connectivity index (χ4n) is 3.02. The van der Waals surface area contributed by atoms with Crippen LogP contribution in [0.25, 0.3) is 0 Å². The second-order valence-corrected chi connectivity index (χ2v) is 8.34. The smallest absolute Gasteiger partial charge is 0.262 e. The molecular weight excluding hydrogens is 416 g/mol. The molecule has 0 saturated carbocycles. The number of anilines is 1. The van der Waals surface area contributed by atoms with Crippen molar-refractivity contribution in [3.05, 3.63) is 83.9 Å². The predicted molar refractivity (Wildman–Crippen MR) is 119 cm³/mol. The van der Waals surface area contributed by atoms with Gasteiger partial charge in [0.2, 0.25) is 0 Å². The van der Waals surface area contributed by atoms with Gasteiger partial charge in [0.1, 0.15) is 0 Å². The number of nitrogens with one attached hydrogen (secondary N) is 2. The van der Waals surface area contributed by atoms with E-state index in [1.165, 1.54) is 32.4 Å². The third-order valence-corrected chi connectivity index (χ3v) is 5.99. The number of carbonyl (C=O) groups is 1. The van der Waals surface area contributed by atoms with E-state index in [-0.39, 0.29) is 27.8 Å². The summed E-state index contributed by atoms with van der Waals surface area (Å²) >= 11 is 0. The van der Waals surface area contributed by atoms with Gasteiger partial charge in [0.25, 0.3) is 15.9 Å². The maximum atomic E-state index is 12.9. The molecule has 0 bridgehead atoms. The fourth-order valence-corrected chi connectivity index (χ4v) is 4.11. The van der Waals surface area contributed by atoms with Crippen molar-refractivity contribution in [3.63, 3.8) is 0 Å². The summed E-state index contributed by atoms with van der Waals surface area (Å²) in [6.07, 6.45) is 0.673. The highest BCUT2D eigenvalue weighted by Gasteiger charge is 2.20. The van der Waals surface area contributed by atoms with Crippen LogP contribution in [0.4, 0.5) is 5.69 Å². The van der Waals surface area contributed by atoms with Gasteiger partial charge in [-0.15, -0.1) is 0 Å². The molecule has 1 amide bonds. The minimum absolute atomic E-state index is 0.00978. The van der Waals surface area contributed by atoms with E-state index < -0.39 is 10.0 Å². The molecule has 0 atom stereocenters. The molecule has 0 aliphatic heterocycles. The summed E-state index contributed by atoms with van der Waals surface area (Å²) in [6, 6.07) is 20.5. The predicted octanol–water partition coefficient (Wildman–Crippen LogP) is 3.48. The average molecular weight is 441 g/mol. The van der Waals surface area contributed by atoms with E-state index in [0.29, 0.717) is 18.7 Å². The molecule has 3 aromatic rings. The lowest BCUT2D eigenvalue weighted by molar-refractivity contribution is 0.0955. The Hall–Kier alpha value is -3.52. The van der Waals surface area contributed by atoms with Gasteiger partial charge in [-0.1, -0.05) is 42.5 Å². The standard InChI is InChI=1S/C23H24N2O5S/c1-29-21-13-12-18(16-22(21)30-2)31(27,28)25-20-11-7-6-10-19(20)23(26)24-15-14-17-8-4-3-5-9-17/h3-13,16,25H,14-15H2,1-2H3,(H,24,26). The second kappa shape index (κ2) is 9.99. The molecule has 0 saturated heterocycles. The topological polar surface area (TPSA) is 93.7 Å². The molecule has 0 radical (unpaired) electrons. The zero-order valence-corrected chi connectivity index (χ0v) is 18.1. The average Bonchev–Trinajstić information content (AvgIpc) is 2.79. The molecule has 0 spiro atoms. The largest absolute Gasteiger partial charge is 0.493 e. The summed E-state index contributed by atoms with van der Waals surface area (Å²) in [5.74, 6) is 0.346. The van der Waals surface area contributed by atoms with Gasteiger partial charge < -0.3 is 14.8 Å². The van der Waals surface area contributed by atoms with Crippen molar-refractivity contribution in [2.75, 3.05) is 25.5 Å². The Kier molecular flexibility index (Phi) is 7.15. The molecule has 0 fully saturated rings. The number of benzene rings is 3. The van der Waals surface area contributed by atoms with Crippen molar-refractivity contribution in [2.45, 2.75) is 11.3 Å². The van der Waals surface area contributed by atoms with Crippen LogP contribution in [-0.2, 0) is 16.4 Å². The second-order valence-electron chi connectivity index (χ2n) is 6.66. The van der Waals surface area contributed by atoms with E-state index in [9.17, 15) is 13.2 Å². The van der Waals surface area contributed by atoms with Crippen molar-refractivity contribution in [1.29, 1.82) is 0 Å². The van der Waals surface area contributed by atoms with Gasteiger partial charge in [-0.3, -0.25) is 9.52 Å². The summed E-state index contributed by atoms with van der Waals surface area (Å²) in [5, 5.41) is 2.84. The fraction of sp³-hybridized carbons (Fsp3) is 0.174. The van der Waals surface area contributed by atoms with E-state index in [1.54, 1.807) is 24.3 Å². The number of methoxy groups -OCH3 is 2. The SMILES string of the molecule is COc1ccc(S(=O)(=O)Nc2ccccc2C(=O)NCCc2ccccc2)cc1OC. The maximum Gasteiger partial charge on any atom is 0.262 e. The van der Waals surface area contributed by atoms with E-state index in [2.05, 4.69) is 10.0 Å². The van der Waals surface area contributed by atoms with Crippen LogP contribution in [0.15, 0.2) is 77.7 Å². The van der Waals surface area contributed by atoms with Crippen LogP contribution >= 0.6 is 0 Å². The maximum absolute atomic E-state index is 12.9. The lowest BCUT2D eigenvalue weighted by Gasteiger charge is -2.14. The molecule has 3 aromatic carbocycles. The normalized spacial score (nSPS) is 10.9. The third-order valence-electron chi connectivity index (χ3n) is 4.62. The molecule has 0 aromatic heterocycles. The van der Waals surface area contributed by atoms with Crippen molar-refractivity contribution < 1.29 is 22.7 Å². The number of carbonyl (C=O) groups excluding carboxylic acids is 1. The Labute approximate surface area is 182 Å². The lowest BCUT2D eigenvalue weighted by Crippen LogP contribution is -2.27. The Morgan fingerprint density at radius 2 is 1.55 bits per heavy atom. The van der Waals surface area contributed by atoms with Crippen LogP contribution in [0, 0.1) is 0 Å². The number of rotatable bonds is 9. The first-order valence-electron chi connectivity index (χ1n) is 9.60. The number of para-hydroxylation sites is 1. The molecule has 8 heteroatoms. The van der Waals surface area contributed by atoms with Crippen LogP contribution in [0.2, 0.25) is 0 Å². The number of amides is 1. The van der Waals surface area contributed by atoms with Gasteiger partial charge in [0.05, 0.1) is 30.4 Å². The van der Waals surface area contributed by atoms with Crippen molar-refractivity contribution in [3.8, 4) is 11.5 Å². The number of sulfonamides is 1. The van der Waals surface area contributed by atoms with Gasteiger partial charge in [-0.2, -0.15) is 0 Å². The van der Waals surface area contributed by atoms with Crippen molar-refractivity contribution >= 4 is 21.6 Å². The summed E-state index contributed by atoms with van der Waals surface area (Å²) in [7, 11) is -1.06. The highest BCUT2D eigenvalue weighted by molar-refractivity contribution is 7.92. The first-order chi connectivity index (χ1) is 14.9. The summed E-state index contributed by atoms with van der Waals surface area (Å²) in [4.78, 5) is 12.7. The number of ether oxygens (including phenoxy) is 2. The Bertz CT molecular complexity index is 1150. The first kappa shape index (κ1) is 22.2. The number of hydrogen-bond acceptors (Lipinski definition) is 5. The van der Waals surface area contributed by atoms with Crippen molar-refractivity contribution in [2.24, 2.45) is 0 Å². The van der Waals surface area contributed by atoms with Crippen LogP contribution < -0.4 is 19.5 Å². The zero-order chi connectivity index (χ0) is 22.3. The molecular formula is C23H24N2O5S. The van der Waals surface area contributed by atoms with Gasteiger partial charge in [-0.25, -0.2) is 8.42 Å². The Morgan fingerprint density at radius 3 is 2.26 bits per heavy atom. The van der Waals surface area contributed by atoms with Gasteiger partial charge in [-0.05, 0) is 36.2 Å². The minimum atomic E-state index is -3.96. The van der Waals surface area contributed by atoms with Gasteiger partial charge in [0, 0.05) is 12.6 Å². The van der Waals surface area contributed by atoms with E-state index in [1.807, 2.05) is 30.3 Å². The molecule has 0 aliphatic rings. The molecule has 0 heterocycles. The summed E-state index contributed by atoms with van der Waals surface area (Å²) in [5.41, 5.74) is 1.53. The highest BCUT2D eigenvalue weighted by atomic mass is 32.2. The summed E-state index contributed by atoms with van der Waals surface area (Å²) in [6.45, 7) is 0.430. The van der Waals surface area contributed by atoms with E-state index in [4.69, 9.17) is 9.47 Å². The third kappa shape index (κ3) is 5.55. The first-order valence-corrected chi connectivity index (χ1v) is 11.1. The monoisotopic (exact) mass is 440 g/mol. The quantitative estimate of drug-likeness (QED) is 0.531. The van der Waals surface area contributed by atoms with Crippen molar-refractivity contribution in [1.82, 2.24) is 5.32 Å². The lowest BCUT2D eigenvalue weighted by atomic mass is 10.1. The van der Waals surface area contributed by atoms with E-state index in [0.717, 1.165) is 5.56 Å². The van der Waals surface area contributed by atoms with Crippen LogP contribution in [0.5, 0.6) is 11.5 Å². The van der Waals surface area contributed by atoms with Gasteiger partial charge in [0.15, 0.2) is 11.5 Å². The number of hydrogen-bond donors (Lipinski definition) is 2. The highest BCUT2D eigenvalue weighted by Crippen LogP contribution is 2.30. The van der Waals surface area contributed by atoms with Gasteiger partial charge >= 0.3 is 0 Å². The summed E-state index contributed by atoms with van der Waals surface area (Å²) < 4.78 is 38.6. The molecule has 31 heavy (non-hydrogen) atoms. The van der Waals surface area contributed by atoms with E-state index >= 15 is 0 Å². The molecule has 3 rings (SSSR count). The van der Waals surface area contributed by atoms with Crippen LogP contribution in [-0.4, -0.2) is 35.1 Å². The Morgan fingerprint density at radius 1 is 0.871 bits per heavy atom. The molecule has 2 N–H and O–H groups in total. The zero-order valence-electron chi connectivity index (χ0n) is 17.3. The molecule has 7 nitrogen and oxygen atoms in total. The Balaban J connectivity index is 1.75. The van der Waals surface area contributed by atoms with Crippen LogP contribution in [0.3, 0.4) is 0 Å².